The first-order valence-corrected chi connectivity index (χ1v) is 8.23. The summed E-state index contributed by atoms with van der Waals surface area (Å²) in [6.07, 6.45) is 5.97. The van der Waals surface area contributed by atoms with E-state index >= 15 is 0 Å². The largest absolute Gasteiger partial charge is 0.377 e. The summed E-state index contributed by atoms with van der Waals surface area (Å²) in [5.74, 6) is 0.856. The van der Waals surface area contributed by atoms with Crippen molar-refractivity contribution in [2.45, 2.75) is 31.7 Å². The molecule has 4 rings (SSSR count). The minimum Gasteiger partial charge on any atom is -0.377 e. The molecule has 6 nitrogen and oxygen atoms in total. The summed E-state index contributed by atoms with van der Waals surface area (Å²) in [6.45, 7) is 1.66. The number of morpholine rings is 1. The fraction of sp³-hybridized carbons (Fsp3) is 0.529. The summed E-state index contributed by atoms with van der Waals surface area (Å²) >= 11 is 0. The molecule has 1 atom stereocenters. The van der Waals surface area contributed by atoms with E-state index < -0.39 is 0 Å². The molecule has 0 saturated carbocycles. The first-order chi connectivity index (χ1) is 11.3. The maximum absolute atomic E-state index is 13.1. The van der Waals surface area contributed by atoms with Gasteiger partial charge in [-0.1, -0.05) is 5.16 Å². The Hall–Kier alpha value is -2.08. The van der Waals surface area contributed by atoms with Crippen LogP contribution in [0.1, 0.15) is 46.4 Å². The number of aryl methyl sites for hydroxylation is 2. The zero-order valence-electron chi connectivity index (χ0n) is 13.3. The molecule has 1 aliphatic carbocycles. The van der Waals surface area contributed by atoms with Gasteiger partial charge in [-0.2, -0.15) is 0 Å². The number of carbonyl (C=O) groups is 1. The third kappa shape index (κ3) is 2.47. The topological polar surface area (TPSA) is 60.5 Å². The van der Waals surface area contributed by atoms with Gasteiger partial charge in [0.2, 0.25) is 0 Å². The average molecular weight is 315 g/mol. The molecular weight excluding hydrogens is 294 g/mol. The Morgan fingerprint density at radius 2 is 2.22 bits per heavy atom. The summed E-state index contributed by atoms with van der Waals surface area (Å²) in [6, 6.07) is 3.95. The zero-order valence-corrected chi connectivity index (χ0v) is 13.3. The Bertz CT molecular complexity index is 718. The van der Waals surface area contributed by atoms with Crippen molar-refractivity contribution < 1.29 is 14.1 Å². The van der Waals surface area contributed by atoms with Crippen LogP contribution in [0, 0.1) is 0 Å². The van der Waals surface area contributed by atoms with Gasteiger partial charge in [-0.05, 0) is 31.4 Å². The SMILES string of the molecule is Cn1cccc1C1COCCN1C(=O)c1noc2c1CCCC2. The summed E-state index contributed by atoms with van der Waals surface area (Å²) in [4.78, 5) is 15.0. The van der Waals surface area contributed by atoms with Gasteiger partial charge < -0.3 is 18.7 Å². The molecule has 6 heteroatoms. The van der Waals surface area contributed by atoms with Crippen molar-refractivity contribution in [2.24, 2.45) is 7.05 Å². The predicted octanol–water partition coefficient (Wildman–Crippen LogP) is 2.11. The second-order valence-corrected chi connectivity index (χ2v) is 6.27. The number of hydrogen-bond donors (Lipinski definition) is 0. The van der Waals surface area contributed by atoms with E-state index in [1.807, 2.05) is 34.8 Å². The van der Waals surface area contributed by atoms with Crippen molar-refractivity contribution in [1.82, 2.24) is 14.6 Å². The maximum Gasteiger partial charge on any atom is 0.277 e. The van der Waals surface area contributed by atoms with E-state index in [1.54, 1.807) is 0 Å². The molecule has 0 N–H and O–H groups in total. The van der Waals surface area contributed by atoms with E-state index in [4.69, 9.17) is 9.26 Å². The van der Waals surface area contributed by atoms with Crippen LogP contribution in [0.5, 0.6) is 0 Å². The lowest BCUT2D eigenvalue weighted by Gasteiger charge is -2.35. The van der Waals surface area contributed by atoms with E-state index in [9.17, 15) is 4.79 Å². The Balaban J connectivity index is 1.66. The fourth-order valence-electron chi connectivity index (χ4n) is 3.60. The average Bonchev–Trinajstić information content (AvgIpc) is 3.20. The summed E-state index contributed by atoms with van der Waals surface area (Å²) < 4.78 is 13.1. The normalized spacial score (nSPS) is 21.3. The first kappa shape index (κ1) is 14.5. The molecule has 1 amide bonds. The predicted molar refractivity (Wildman–Crippen MR) is 83.2 cm³/mol. The molecule has 0 radical (unpaired) electrons. The van der Waals surface area contributed by atoms with Crippen molar-refractivity contribution in [3.05, 3.63) is 41.0 Å². The van der Waals surface area contributed by atoms with Crippen molar-refractivity contribution in [2.75, 3.05) is 19.8 Å². The summed E-state index contributed by atoms with van der Waals surface area (Å²) in [7, 11) is 1.99. The van der Waals surface area contributed by atoms with Crippen LogP contribution in [0.15, 0.2) is 22.9 Å². The van der Waals surface area contributed by atoms with Crippen LogP contribution in [0.3, 0.4) is 0 Å². The smallest absolute Gasteiger partial charge is 0.277 e. The van der Waals surface area contributed by atoms with E-state index in [0.717, 1.165) is 42.7 Å². The molecule has 3 heterocycles. The van der Waals surface area contributed by atoms with Crippen molar-refractivity contribution in [3.63, 3.8) is 0 Å². The number of rotatable bonds is 2. The number of hydrogen-bond acceptors (Lipinski definition) is 4. The lowest BCUT2D eigenvalue weighted by molar-refractivity contribution is -0.00518. The minimum absolute atomic E-state index is 0.0357. The molecule has 1 unspecified atom stereocenters. The number of ether oxygens (including phenoxy) is 1. The van der Waals surface area contributed by atoms with E-state index in [0.29, 0.717) is 25.5 Å². The van der Waals surface area contributed by atoms with Gasteiger partial charge in [0.05, 0.1) is 19.3 Å². The maximum atomic E-state index is 13.1. The van der Waals surface area contributed by atoms with Crippen molar-refractivity contribution >= 4 is 5.91 Å². The van der Waals surface area contributed by atoms with Gasteiger partial charge in [0.25, 0.3) is 5.91 Å². The number of amides is 1. The lowest BCUT2D eigenvalue weighted by atomic mass is 9.96. The second kappa shape index (κ2) is 5.85. The van der Waals surface area contributed by atoms with E-state index in [-0.39, 0.29) is 11.9 Å². The molecule has 122 valence electrons. The molecule has 0 bridgehead atoms. The van der Waals surface area contributed by atoms with Crippen LogP contribution in [0.2, 0.25) is 0 Å². The summed E-state index contributed by atoms with van der Waals surface area (Å²) in [5, 5.41) is 4.10. The van der Waals surface area contributed by atoms with Crippen LogP contribution < -0.4 is 0 Å². The van der Waals surface area contributed by atoms with Crippen LogP contribution in [-0.2, 0) is 24.6 Å². The van der Waals surface area contributed by atoms with Gasteiger partial charge in [0, 0.05) is 37.5 Å². The van der Waals surface area contributed by atoms with Crippen molar-refractivity contribution in [1.29, 1.82) is 0 Å². The first-order valence-electron chi connectivity index (χ1n) is 8.23. The molecule has 2 aromatic rings. The molecule has 1 fully saturated rings. The Morgan fingerprint density at radius 1 is 1.35 bits per heavy atom. The van der Waals surface area contributed by atoms with Crippen LogP contribution in [0.4, 0.5) is 0 Å². The minimum atomic E-state index is -0.0767. The highest BCUT2D eigenvalue weighted by Gasteiger charge is 2.34. The third-order valence-corrected chi connectivity index (χ3v) is 4.87. The monoisotopic (exact) mass is 315 g/mol. The van der Waals surface area contributed by atoms with Gasteiger partial charge >= 0.3 is 0 Å². The molecule has 1 saturated heterocycles. The van der Waals surface area contributed by atoms with Crippen molar-refractivity contribution in [3.8, 4) is 0 Å². The van der Waals surface area contributed by atoms with Gasteiger partial charge in [0.15, 0.2) is 5.69 Å². The van der Waals surface area contributed by atoms with E-state index in [2.05, 4.69) is 5.16 Å². The van der Waals surface area contributed by atoms with Gasteiger partial charge in [-0.3, -0.25) is 4.79 Å². The molecule has 23 heavy (non-hydrogen) atoms. The van der Waals surface area contributed by atoms with Crippen LogP contribution >= 0.6 is 0 Å². The van der Waals surface area contributed by atoms with Gasteiger partial charge in [0.1, 0.15) is 5.76 Å². The standard InChI is InChI=1S/C17H21N3O3/c1-19-8-4-6-13(19)14-11-22-10-9-20(14)17(21)16-12-5-2-3-7-15(12)23-18-16/h4,6,8,14H,2-3,5,7,9-11H2,1H3. The molecule has 1 aliphatic heterocycles. The highest BCUT2D eigenvalue weighted by atomic mass is 16.5. The highest BCUT2D eigenvalue weighted by molar-refractivity contribution is 5.94. The molecule has 2 aromatic heterocycles. The quantitative estimate of drug-likeness (QED) is 0.851. The Labute approximate surface area is 135 Å². The number of carbonyl (C=O) groups excluding carboxylic acids is 1. The summed E-state index contributed by atoms with van der Waals surface area (Å²) in [5.41, 5.74) is 2.59. The second-order valence-electron chi connectivity index (χ2n) is 6.27. The Kier molecular flexibility index (Phi) is 3.69. The number of fused-ring (bicyclic) bond motifs is 1. The molecule has 2 aliphatic rings. The Morgan fingerprint density at radius 3 is 3.04 bits per heavy atom. The van der Waals surface area contributed by atoms with E-state index in [1.165, 1.54) is 0 Å². The highest BCUT2D eigenvalue weighted by Crippen LogP contribution is 2.29. The lowest BCUT2D eigenvalue weighted by Crippen LogP contribution is -2.44. The fourth-order valence-corrected chi connectivity index (χ4v) is 3.60. The van der Waals surface area contributed by atoms with Crippen LogP contribution in [-0.4, -0.2) is 40.3 Å². The van der Waals surface area contributed by atoms with Crippen LogP contribution in [0.25, 0.3) is 0 Å². The zero-order chi connectivity index (χ0) is 15.8. The number of nitrogens with zero attached hydrogens (tertiary/aromatic N) is 3. The molecule has 0 aromatic carbocycles. The van der Waals surface area contributed by atoms with Gasteiger partial charge in [-0.25, -0.2) is 0 Å². The third-order valence-electron chi connectivity index (χ3n) is 4.87. The van der Waals surface area contributed by atoms with Gasteiger partial charge in [-0.15, -0.1) is 0 Å². The molecule has 0 spiro atoms. The number of aromatic nitrogens is 2. The molecular formula is C17H21N3O3.